The summed E-state index contributed by atoms with van der Waals surface area (Å²) in [5.74, 6) is -1.57. The summed E-state index contributed by atoms with van der Waals surface area (Å²) in [4.78, 5) is 30.6. The van der Waals surface area contributed by atoms with Crippen LogP contribution < -0.4 is 30.4 Å². The number of nitrogens with zero attached hydrogens (tertiary/aromatic N) is 2. The van der Waals surface area contributed by atoms with Crippen LogP contribution in [-0.2, 0) is 17.3 Å². The second-order valence-electron chi connectivity index (χ2n) is 8.42. The fraction of sp³-hybridized carbons (Fsp3) is 0.261. The molecule has 0 bridgehead atoms. The van der Waals surface area contributed by atoms with Crippen molar-refractivity contribution in [3.05, 3.63) is 66.4 Å². The van der Waals surface area contributed by atoms with Crippen molar-refractivity contribution in [2.75, 3.05) is 17.1 Å². The van der Waals surface area contributed by atoms with E-state index in [0.29, 0.717) is 3.57 Å². The van der Waals surface area contributed by atoms with Gasteiger partial charge in [-0.3, -0.25) is 18.9 Å². The highest BCUT2D eigenvalue weighted by Crippen LogP contribution is 2.39. The first-order chi connectivity index (χ1) is 17.9. The number of pyridine rings is 2. The Morgan fingerprint density at radius 2 is 2.00 bits per heavy atom. The standard InChI is InChI=1S/C23H23ClFIN6O5S/c1-11-19(37-16-8-9-28-20(18(16)24)31-38(35,36)27-2)17(22(33)29-13-5-6-13)21(32(3)23(11)34)30-15-7-4-12(26)10-14(15)25/h4,7-10,13,27,30H,5-6H2,1-3H3,(H,28,31)(H,29,33). The number of benzene rings is 1. The van der Waals surface area contributed by atoms with Crippen LogP contribution in [0.3, 0.4) is 0 Å². The third-order valence-corrected chi connectivity index (χ3v) is 7.69. The van der Waals surface area contributed by atoms with E-state index in [1.165, 1.54) is 50.0 Å². The molecule has 0 radical (unpaired) electrons. The molecule has 3 aromatic rings. The molecule has 0 spiro atoms. The van der Waals surface area contributed by atoms with Crippen molar-refractivity contribution in [1.82, 2.24) is 19.6 Å². The molecule has 11 nitrogen and oxygen atoms in total. The minimum absolute atomic E-state index is 0.00449. The van der Waals surface area contributed by atoms with E-state index in [9.17, 15) is 22.4 Å². The number of rotatable bonds is 9. The Balaban J connectivity index is 1.87. The zero-order valence-corrected chi connectivity index (χ0v) is 24.1. The summed E-state index contributed by atoms with van der Waals surface area (Å²) in [6.07, 6.45) is 2.84. The van der Waals surface area contributed by atoms with Crippen LogP contribution in [0.2, 0.25) is 5.02 Å². The van der Waals surface area contributed by atoms with Gasteiger partial charge >= 0.3 is 0 Å². The van der Waals surface area contributed by atoms with Crippen molar-refractivity contribution in [3.8, 4) is 11.5 Å². The first kappa shape index (κ1) is 28.1. The van der Waals surface area contributed by atoms with Crippen LogP contribution in [0.1, 0.15) is 28.8 Å². The van der Waals surface area contributed by atoms with E-state index in [-0.39, 0.29) is 51.0 Å². The molecule has 1 saturated carbocycles. The number of aromatic nitrogens is 2. The van der Waals surface area contributed by atoms with Crippen molar-refractivity contribution in [1.29, 1.82) is 0 Å². The molecule has 1 amide bonds. The monoisotopic (exact) mass is 676 g/mol. The largest absolute Gasteiger partial charge is 0.454 e. The lowest BCUT2D eigenvalue weighted by atomic mass is 10.1. The lowest BCUT2D eigenvalue weighted by molar-refractivity contribution is 0.0948. The molecule has 2 heterocycles. The zero-order valence-electron chi connectivity index (χ0n) is 20.4. The maximum Gasteiger partial charge on any atom is 0.300 e. The van der Waals surface area contributed by atoms with Crippen LogP contribution >= 0.6 is 34.2 Å². The predicted octanol–water partition coefficient (Wildman–Crippen LogP) is 3.79. The number of halogens is 3. The highest BCUT2D eigenvalue weighted by Gasteiger charge is 2.31. The summed E-state index contributed by atoms with van der Waals surface area (Å²) in [5, 5.41) is 5.53. The third kappa shape index (κ3) is 6.03. The second-order valence-corrected chi connectivity index (χ2v) is 11.7. The molecular weight excluding hydrogens is 654 g/mol. The molecule has 0 aliphatic heterocycles. The molecule has 0 atom stereocenters. The highest BCUT2D eigenvalue weighted by atomic mass is 127. The first-order valence-corrected chi connectivity index (χ1v) is 14.2. The minimum Gasteiger partial charge on any atom is -0.454 e. The Labute approximate surface area is 236 Å². The van der Waals surface area contributed by atoms with Crippen LogP contribution in [-0.4, -0.2) is 37.0 Å². The van der Waals surface area contributed by atoms with Crippen molar-refractivity contribution < 1.29 is 22.3 Å². The Morgan fingerprint density at radius 1 is 1.29 bits per heavy atom. The number of carbonyl (C=O) groups excluding carboxylic acids is 1. The molecule has 38 heavy (non-hydrogen) atoms. The van der Waals surface area contributed by atoms with E-state index in [0.717, 1.165) is 12.8 Å². The molecule has 0 unspecified atom stereocenters. The maximum atomic E-state index is 14.7. The molecular formula is C23H23ClFIN6O5S. The van der Waals surface area contributed by atoms with Crippen molar-refractivity contribution in [2.45, 2.75) is 25.8 Å². The number of nitrogens with one attached hydrogen (secondary N) is 4. The summed E-state index contributed by atoms with van der Waals surface area (Å²) >= 11 is 8.35. The Bertz CT molecular complexity index is 1600. The number of carbonyl (C=O) groups is 1. The van der Waals surface area contributed by atoms with Gasteiger partial charge in [0, 0.05) is 36.0 Å². The van der Waals surface area contributed by atoms with Gasteiger partial charge in [-0.2, -0.15) is 8.42 Å². The molecule has 4 N–H and O–H groups in total. The van der Waals surface area contributed by atoms with Gasteiger partial charge in [-0.25, -0.2) is 14.1 Å². The summed E-state index contributed by atoms with van der Waals surface area (Å²) in [6.45, 7) is 1.47. The van der Waals surface area contributed by atoms with Crippen molar-refractivity contribution >= 4 is 67.6 Å². The minimum atomic E-state index is -3.95. The molecule has 1 fully saturated rings. The summed E-state index contributed by atoms with van der Waals surface area (Å²) in [5.41, 5.74) is -0.453. The van der Waals surface area contributed by atoms with Gasteiger partial charge in [0.15, 0.2) is 17.3 Å². The van der Waals surface area contributed by atoms with Gasteiger partial charge in [-0.05, 0) is 60.6 Å². The molecule has 4 rings (SSSR count). The first-order valence-electron chi connectivity index (χ1n) is 11.2. The lowest BCUT2D eigenvalue weighted by Crippen LogP contribution is -2.31. The van der Waals surface area contributed by atoms with E-state index >= 15 is 0 Å². The molecule has 0 saturated heterocycles. The van der Waals surface area contributed by atoms with Gasteiger partial charge in [0.05, 0.1) is 11.3 Å². The normalized spacial score (nSPS) is 13.2. The maximum absolute atomic E-state index is 14.7. The van der Waals surface area contributed by atoms with Crippen LogP contribution in [0.4, 0.5) is 21.7 Å². The van der Waals surface area contributed by atoms with E-state index in [1.54, 1.807) is 6.07 Å². The van der Waals surface area contributed by atoms with E-state index in [4.69, 9.17) is 16.3 Å². The summed E-state index contributed by atoms with van der Waals surface area (Å²) in [6, 6.07) is 5.78. The van der Waals surface area contributed by atoms with Crippen molar-refractivity contribution in [2.24, 2.45) is 7.05 Å². The summed E-state index contributed by atoms with van der Waals surface area (Å²) in [7, 11) is -1.30. The zero-order chi connectivity index (χ0) is 27.8. The number of hydrogen-bond donors (Lipinski definition) is 4. The second kappa shape index (κ2) is 11.0. The van der Waals surface area contributed by atoms with Gasteiger partial charge < -0.3 is 15.4 Å². The number of anilines is 3. The van der Waals surface area contributed by atoms with Crippen LogP contribution in [0, 0.1) is 16.3 Å². The topological polar surface area (TPSA) is 143 Å². The quantitative estimate of drug-likeness (QED) is 0.253. The smallest absolute Gasteiger partial charge is 0.300 e. The lowest BCUT2D eigenvalue weighted by Gasteiger charge is -2.22. The number of amides is 1. The van der Waals surface area contributed by atoms with Gasteiger partial charge in [0.25, 0.3) is 21.7 Å². The molecule has 2 aromatic heterocycles. The van der Waals surface area contributed by atoms with Gasteiger partial charge in [0.1, 0.15) is 22.2 Å². The van der Waals surface area contributed by atoms with Crippen LogP contribution in [0.25, 0.3) is 0 Å². The molecule has 202 valence electrons. The van der Waals surface area contributed by atoms with E-state index < -0.39 is 27.5 Å². The number of hydrogen-bond acceptors (Lipinski definition) is 7. The fourth-order valence-electron chi connectivity index (χ4n) is 3.47. The van der Waals surface area contributed by atoms with Crippen LogP contribution in [0.15, 0.2) is 35.3 Å². The average molecular weight is 677 g/mol. The van der Waals surface area contributed by atoms with E-state index in [1.807, 2.05) is 22.6 Å². The predicted molar refractivity (Wildman–Crippen MR) is 150 cm³/mol. The highest BCUT2D eigenvalue weighted by molar-refractivity contribution is 14.1. The van der Waals surface area contributed by atoms with E-state index in [2.05, 4.69) is 25.1 Å². The molecule has 1 aliphatic carbocycles. The average Bonchev–Trinajstić information content (AvgIpc) is 3.68. The van der Waals surface area contributed by atoms with Gasteiger partial charge in [-0.15, -0.1) is 0 Å². The van der Waals surface area contributed by atoms with Crippen LogP contribution in [0.5, 0.6) is 11.5 Å². The Kier molecular flexibility index (Phi) is 8.15. The van der Waals surface area contributed by atoms with Gasteiger partial charge in [-0.1, -0.05) is 11.6 Å². The molecule has 1 aliphatic rings. The third-order valence-electron chi connectivity index (χ3n) is 5.65. The molecule has 1 aromatic carbocycles. The SMILES string of the molecule is CNS(=O)(=O)Nc1nccc(Oc2c(C(=O)NC3CC3)c(Nc3ccc(I)cc3F)n(C)c(=O)c2C)c1Cl. The Morgan fingerprint density at radius 3 is 2.63 bits per heavy atom. The molecule has 15 heteroatoms. The fourth-order valence-corrected chi connectivity index (χ4v) is 4.68. The van der Waals surface area contributed by atoms with Crippen molar-refractivity contribution in [3.63, 3.8) is 0 Å². The Hall–Kier alpha value is -2.95. The van der Waals surface area contributed by atoms with Gasteiger partial charge in [0.2, 0.25) is 0 Å². The summed E-state index contributed by atoms with van der Waals surface area (Å²) < 4.78 is 50.7. The number of ether oxygens (including phenoxy) is 1.